The van der Waals surface area contributed by atoms with E-state index in [1.54, 1.807) is 12.4 Å². The van der Waals surface area contributed by atoms with E-state index in [1.807, 2.05) is 7.05 Å². The highest BCUT2D eigenvalue weighted by Gasteiger charge is 2.31. The molecule has 0 unspecified atom stereocenters. The highest BCUT2D eigenvalue weighted by molar-refractivity contribution is 5.68. The van der Waals surface area contributed by atoms with Crippen LogP contribution in [0.1, 0.15) is 13.8 Å². The van der Waals surface area contributed by atoms with Crippen molar-refractivity contribution in [1.82, 2.24) is 9.97 Å². The van der Waals surface area contributed by atoms with Gasteiger partial charge in [0.1, 0.15) is 6.17 Å². The Morgan fingerprint density at radius 3 is 2.54 bits per heavy atom. The van der Waals surface area contributed by atoms with Gasteiger partial charge in [0.25, 0.3) is 0 Å². The Morgan fingerprint density at radius 1 is 1.31 bits per heavy atom. The lowest BCUT2D eigenvalue weighted by Gasteiger charge is -2.24. The zero-order chi connectivity index (χ0) is 9.42. The maximum absolute atomic E-state index is 4.33. The van der Waals surface area contributed by atoms with E-state index in [1.165, 1.54) is 0 Å². The molecule has 70 valence electrons. The standard InChI is InChI=1S/C9H14N4/c1-4-13-7(2)12(3)8-9(13)11-6-5-10-8/h5-7H,4H2,1-3H3/t7-/m0/s1. The van der Waals surface area contributed by atoms with E-state index in [0.717, 1.165) is 18.2 Å². The van der Waals surface area contributed by atoms with Gasteiger partial charge < -0.3 is 9.80 Å². The SMILES string of the molecule is CCN1c2nccnc2N(C)[C@@H]1C. The van der Waals surface area contributed by atoms with Crippen LogP contribution in [0, 0.1) is 0 Å². The Hall–Kier alpha value is -1.32. The zero-order valence-corrected chi connectivity index (χ0v) is 8.23. The summed E-state index contributed by atoms with van der Waals surface area (Å²) in [5.41, 5.74) is 0. The number of anilines is 2. The molecule has 0 spiro atoms. The van der Waals surface area contributed by atoms with Crippen LogP contribution in [0.25, 0.3) is 0 Å². The van der Waals surface area contributed by atoms with Crippen LogP contribution in [-0.4, -0.2) is 29.7 Å². The van der Waals surface area contributed by atoms with Crippen LogP contribution in [0.5, 0.6) is 0 Å². The number of hydrogen-bond acceptors (Lipinski definition) is 4. The molecule has 0 amide bonds. The molecule has 0 fully saturated rings. The summed E-state index contributed by atoms with van der Waals surface area (Å²) in [5, 5.41) is 0. The van der Waals surface area contributed by atoms with Gasteiger partial charge in [0, 0.05) is 26.0 Å². The van der Waals surface area contributed by atoms with E-state index in [2.05, 4.69) is 33.6 Å². The monoisotopic (exact) mass is 178 g/mol. The molecule has 2 heterocycles. The Bertz CT molecular complexity index is 312. The Morgan fingerprint density at radius 2 is 1.92 bits per heavy atom. The van der Waals surface area contributed by atoms with Gasteiger partial charge in [-0.1, -0.05) is 0 Å². The van der Waals surface area contributed by atoms with Crippen molar-refractivity contribution in [3.05, 3.63) is 12.4 Å². The molecule has 0 saturated carbocycles. The highest BCUT2D eigenvalue weighted by atomic mass is 15.4. The molecule has 0 aromatic carbocycles. The largest absolute Gasteiger partial charge is 0.336 e. The van der Waals surface area contributed by atoms with Gasteiger partial charge in [-0.25, -0.2) is 9.97 Å². The van der Waals surface area contributed by atoms with Crippen molar-refractivity contribution in [2.75, 3.05) is 23.4 Å². The van der Waals surface area contributed by atoms with Gasteiger partial charge in [-0.3, -0.25) is 0 Å². The van der Waals surface area contributed by atoms with Gasteiger partial charge >= 0.3 is 0 Å². The van der Waals surface area contributed by atoms with Gasteiger partial charge in [0.15, 0.2) is 11.6 Å². The van der Waals surface area contributed by atoms with Crippen molar-refractivity contribution in [3.8, 4) is 0 Å². The summed E-state index contributed by atoms with van der Waals surface area (Å²) >= 11 is 0. The third-order valence-corrected chi connectivity index (χ3v) is 2.62. The minimum Gasteiger partial charge on any atom is -0.336 e. The minimum atomic E-state index is 0.363. The lowest BCUT2D eigenvalue weighted by molar-refractivity contribution is 0.667. The van der Waals surface area contributed by atoms with E-state index in [-0.39, 0.29) is 0 Å². The van der Waals surface area contributed by atoms with Crippen LogP contribution in [0.4, 0.5) is 11.6 Å². The summed E-state index contributed by atoms with van der Waals surface area (Å²) in [6, 6.07) is 0. The molecule has 1 aliphatic rings. The van der Waals surface area contributed by atoms with Gasteiger partial charge in [-0.05, 0) is 13.8 Å². The summed E-state index contributed by atoms with van der Waals surface area (Å²) in [6.07, 6.45) is 3.84. The van der Waals surface area contributed by atoms with E-state index >= 15 is 0 Å². The predicted octanol–water partition coefficient (Wildman–Crippen LogP) is 1.10. The Labute approximate surface area is 78.2 Å². The van der Waals surface area contributed by atoms with Crippen molar-refractivity contribution >= 4 is 11.6 Å². The average Bonchev–Trinajstić information content (AvgIpc) is 2.41. The summed E-state index contributed by atoms with van der Waals surface area (Å²) in [7, 11) is 2.05. The van der Waals surface area contributed by atoms with Gasteiger partial charge in [0.05, 0.1) is 0 Å². The molecular formula is C9H14N4. The molecule has 0 radical (unpaired) electrons. The molecule has 1 atom stereocenters. The molecule has 1 aromatic heterocycles. The second-order valence-electron chi connectivity index (χ2n) is 3.23. The van der Waals surface area contributed by atoms with Crippen LogP contribution >= 0.6 is 0 Å². The van der Waals surface area contributed by atoms with Crippen molar-refractivity contribution in [2.45, 2.75) is 20.0 Å². The van der Waals surface area contributed by atoms with E-state index in [4.69, 9.17) is 0 Å². The topological polar surface area (TPSA) is 32.3 Å². The first kappa shape index (κ1) is 8.29. The lowest BCUT2D eigenvalue weighted by atomic mass is 10.4. The maximum atomic E-state index is 4.33. The second kappa shape index (κ2) is 2.87. The molecule has 0 aliphatic carbocycles. The fourth-order valence-electron chi connectivity index (χ4n) is 1.75. The maximum Gasteiger partial charge on any atom is 0.173 e. The van der Waals surface area contributed by atoms with Gasteiger partial charge in [-0.15, -0.1) is 0 Å². The van der Waals surface area contributed by atoms with Crippen LogP contribution in [-0.2, 0) is 0 Å². The number of rotatable bonds is 1. The number of nitrogens with zero attached hydrogens (tertiary/aromatic N) is 4. The molecule has 4 nitrogen and oxygen atoms in total. The van der Waals surface area contributed by atoms with Crippen molar-refractivity contribution in [1.29, 1.82) is 0 Å². The quantitative estimate of drug-likeness (QED) is 0.644. The smallest absolute Gasteiger partial charge is 0.173 e. The Balaban J connectivity index is 2.47. The molecule has 0 bridgehead atoms. The molecule has 1 aliphatic heterocycles. The lowest BCUT2D eigenvalue weighted by Crippen LogP contribution is -2.38. The highest BCUT2D eigenvalue weighted by Crippen LogP contribution is 2.33. The summed E-state index contributed by atoms with van der Waals surface area (Å²) in [4.78, 5) is 13.0. The van der Waals surface area contributed by atoms with Crippen LogP contribution < -0.4 is 9.80 Å². The van der Waals surface area contributed by atoms with Crippen molar-refractivity contribution < 1.29 is 0 Å². The van der Waals surface area contributed by atoms with Crippen molar-refractivity contribution in [2.24, 2.45) is 0 Å². The average molecular weight is 178 g/mol. The first-order chi connectivity index (χ1) is 6.25. The van der Waals surface area contributed by atoms with Gasteiger partial charge in [-0.2, -0.15) is 0 Å². The number of hydrogen-bond donors (Lipinski definition) is 0. The van der Waals surface area contributed by atoms with E-state index in [9.17, 15) is 0 Å². The second-order valence-corrected chi connectivity index (χ2v) is 3.23. The number of fused-ring (bicyclic) bond motifs is 1. The van der Waals surface area contributed by atoms with Crippen molar-refractivity contribution in [3.63, 3.8) is 0 Å². The molecule has 13 heavy (non-hydrogen) atoms. The van der Waals surface area contributed by atoms with E-state index in [0.29, 0.717) is 6.17 Å². The van der Waals surface area contributed by atoms with Crippen LogP contribution in [0.2, 0.25) is 0 Å². The molecule has 2 rings (SSSR count). The molecule has 0 saturated heterocycles. The van der Waals surface area contributed by atoms with Crippen LogP contribution in [0.15, 0.2) is 12.4 Å². The predicted molar refractivity (Wildman–Crippen MR) is 52.9 cm³/mol. The molecular weight excluding hydrogens is 164 g/mol. The summed E-state index contributed by atoms with van der Waals surface area (Å²) < 4.78 is 0. The van der Waals surface area contributed by atoms with E-state index < -0.39 is 0 Å². The minimum absolute atomic E-state index is 0.363. The normalized spacial score (nSPS) is 20.7. The molecule has 0 N–H and O–H groups in total. The van der Waals surface area contributed by atoms with Gasteiger partial charge in [0.2, 0.25) is 0 Å². The third kappa shape index (κ3) is 1.05. The first-order valence-electron chi connectivity index (χ1n) is 4.56. The first-order valence-corrected chi connectivity index (χ1v) is 4.56. The third-order valence-electron chi connectivity index (χ3n) is 2.62. The summed E-state index contributed by atoms with van der Waals surface area (Å²) in [6.45, 7) is 5.26. The van der Waals surface area contributed by atoms with Crippen LogP contribution in [0.3, 0.4) is 0 Å². The summed E-state index contributed by atoms with van der Waals surface area (Å²) in [5.74, 6) is 1.98. The zero-order valence-electron chi connectivity index (χ0n) is 8.23. The molecule has 4 heteroatoms. The fourth-order valence-corrected chi connectivity index (χ4v) is 1.75. The molecule has 1 aromatic rings. The Kier molecular flexibility index (Phi) is 1.83. The fraction of sp³-hybridized carbons (Fsp3) is 0.556. The number of aromatic nitrogens is 2.